The van der Waals surface area contributed by atoms with Gasteiger partial charge in [0.15, 0.2) is 0 Å². The van der Waals surface area contributed by atoms with E-state index in [-0.39, 0.29) is 16.5 Å². The van der Waals surface area contributed by atoms with E-state index in [1.807, 2.05) is 37.7 Å². The summed E-state index contributed by atoms with van der Waals surface area (Å²) in [5.41, 5.74) is 2.15. The third kappa shape index (κ3) is 8.04. The Hall–Kier alpha value is -2.58. The van der Waals surface area contributed by atoms with E-state index in [1.54, 1.807) is 4.68 Å². The van der Waals surface area contributed by atoms with Gasteiger partial charge in [-0.3, -0.25) is 0 Å². The van der Waals surface area contributed by atoms with E-state index >= 15 is 0 Å². The molecule has 9 heteroatoms. The molecule has 0 N–H and O–H groups in total. The molecule has 0 radical (unpaired) electrons. The molecule has 0 atom stereocenters. The van der Waals surface area contributed by atoms with E-state index in [4.69, 9.17) is 4.52 Å². The van der Waals surface area contributed by atoms with Crippen LogP contribution in [0.5, 0.6) is 0 Å². The zero-order valence-electron chi connectivity index (χ0n) is 20.6. The van der Waals surface area contributed by atoms with Crippen molar-refractivity contribution >= 4 is 0 Å². The minimum absolute atomic E-state index is 0.00637. The molecule has 0 fully saturated rings. The Balaban J connectivity index is 0.000000225. The summed E-state index contributed by atoms with van der Waals surface area (Å²) in [6.45, 7) is 24.6. The summed E-state index contributed by atoms with van der Waals surface area (Å²) in [7, 11) is 0. The van der Waals surface area contributed by atoms with Crippen LogP contribution in [0, 0.1) is 20.8 Å². The molecule has 0 aliphatic heterocycles. The minimum Gasteiger partial charge on any atom is -0.361 e. The number of aryl methyl sites for hydroxylation is 3. The molecule has 3 aromatic heterocycles. The second kappa shape index (κ2) is 9.49. The lowest BCUT2D eigenvalue weighted by atomic mass is 9.92. The van der Waals surface area contributed by atoms with Gasteiger partial charge < -0.3 is 4.52 Å². The van der Waals surface area contributed by atoms with Crippen molar-refractivity contribution in [3.63, 3.8) is 0 Å². The molecule has 3 aromatic rings. The molecule has 0 amide bonds. The average Bonchev–Trinajstić information content (AvgIpc) is 3.27. The highest BCUT2D eigenvalue weighted by atomic mass is 16.5. The van der Waals surface area contributed by atoms with Crippen LogP contribution in [0.4, 0.5) is 0 Å². The van der Waals surface area contributed by atoms with Crippen molar-refractivity contribution < 1.29 is 4.52 Å². The second-order valence-electron chi connectivity index (χ2n) is 10.4. The van der Waals surface area contributed by atoms with E-state index in [2.05, 4.69) is 93.3 Å². The van der Waals surface area contributed by atoms with Crippen LogP contribution in [0.2, 0.25) is 0 Å². The van der Waals surface area contributed by atoms with Gasteiger partial charge in [0.05, 0.1) is 22.5 Å². The largest absolute Gasteiger partial charge is 0.361 e. The van der Waals surface area contributed by atoms with Crippen molar-refractivity contribution in [3.05, 3.63) is 35.2 Å². The second-order valence-corrected chi connectivity index (χ2v) is 10.4. The van der Waals surface area contributed by atoms with E-state index < -0.39 is 0 Å². The highest BCUT2D eigenvalue weighted by Gasteiger charge is 2.17. The smallest absolute Gasteiger partial charge is 0.148 e. The fourth-order valence-electron chi connectivity index (χ4n) is 2.25. The summed E-state index contributed by atoms with van der Waals surface area (Å²) in [6.07, 6.45) is 1.94. The normalized spacial score (nSPS) is 12.0. The maximum absolute atomic E-state index is 4.94. The van der Waals surface area contributed by atoms with Gasteiger partial charge in [0.25, 0.3) is 0 Å². The number of nitrogens with zero attached hydrogens (tertiary/aromatic N) is 8. The van der Waals surface area contributed by atoms with E-state index in [9.17, 15) is 0 Å². The molecule has 0 aliphatic rings. The van der Waals surface area contributed by atoms with Crippen LogP contribution in [0.3, 0.4) is 0 Å². The van der Waals surface area contributed by atoms with Crippen LogP contribution >= 0.6 is 0 Å². The summed E-state index contributed by atoms with van der Waals surface area (Å²) in [5.74, 6) is 1.73. The Morgan fingerprint density at radius 2 is 1.40 bits per heavy atom. The molecule has 0 saturated carbocycles. The highest BCUT2D eigenvalue weighted by Crippen LogP contribution is 2.20. The number of hydrogen-bond donors (Lipinski definition) is 0. The monoisotopic (exact) mass is 418 g/mol. The Labute approximate surface area is 180 Å². The molecule has 0 aliphatic carbocycles. The molecule has 0 aromatic carbocycles. The van der Waals surface area contributed by atoms with Gasteiger partial charge in [-0.15, -0.1) is 10.2 Å². The fourth-order valence-corrected chi connectivity index (χ4v) is 2.25. The van der Waals surface area contributed by atoms with Gasteiger partial charge >= 0.3 is 0 Å². The molecule has 168 valence electrons. The van der Waals surface area contributed by atoms with Crippen LogP contribution in [-0.4, -0.2) is 40.4 Å². The number of aromatic nitrogens is 8. The molecule has 0 saturated heterocycles. The SMILES string of the molecule is Cc1cc(C(C)(C)C)no1.Cc1cn(C(C)(C)C)nn1.Cc1nnnn1C(C)(C)C. The maximum Gasteiger partial charge on any atom is 0.148 e. The van der Waals surface area contributed by atoms with Gasteiger partial charge in [0.1, 0.15) is 11.6 Å². The summed E-state index contributed by atoms with van der Waals surface area (Å²) in [5, 5.41) is 22.9. The van der Waals surface area contributed by atoms with Gasteiger partial charge in [-0.2, -0.15) is 0 Å². The first-order chi connectivity index (χ1) is 13.5. The zero-order chi connectivity index (χ0) is 23.3. The Kier molecular flexibility index (Phi) is 8.05. The van der Waals surface area contributed by atoms with Crippen LogP contribution in [-0.2, 0) is 16.5 Å². The summed E-state index contributed by atoms with van der Waals surface area (Å²) >= 11 is 0. The molecular weight excluding hydrogens is 380 g/mol. The first kappa shape index (κ1) is 25.5. The Morgan fingerprint density at radius 1 is 0.800 bits per heavy atom. The maximum atomic E-state index is 4.94. The minimum atomic E-state index is -0.00637. The average molecular weight is 419 g/mol. The molecule has 0 bridgehead atoms. The predicted molar refractivity (Wildman–Crippen MR) is 117 cm³/mol. The Morgan fingerprint density at radius 3 is 1.60 bits per heavy atom. The van der Waals surface area contributed by atoms with E-state index in [0.717, 1.165) is 23.0 Å². The molecule has 30 heavy (non-hydrogen) atoms. The molecule has 3 rings (SSSR count). The van der Waals surface area contributed by atoms with Crippen LogP contribution in [0.15, 0.2) is 16.8 Å². The lowest BCUT2D eigenvalue weighted by Gasteiger charge is -2.18. The molecule has 0 unspecified atom stereocenters. The third-order valence-corrected chi connectivity index (χ3v) is 3.95. The van der Waals surface area contributed by atoms with Gasteiger partial charge in [0.2, 0.25) is 0 Å². The van der Waals surface area contributed by atoms with Gasteiger partial charge in [-0.25, -0.2) is 9.36 Å². The van der Waals surface area contributed by atoms with Crippen molar-refractivity contribution in [2.24, 2.45) is 0 Å². The van der Waals surface area contributed by atoms with Crippen molar-refractivity contribution in [2.75, 3.05) is 0 Å². The summed E-state index contributed by atoms with van der Waals surface area (Å²) in [6, 6.07) is 1.97. The third-order valence-electron chi connectivity index (χ3n) is 3.95. The van der Waals surface area contributed by atoms with Gasteiger partial charge in [-0.05, 0) is 72.7 Å². The predicted octanol–water partition coefficient (Wildman–Crippen LogP) is 4.36. The van der Waals surface area contributed by atoms with Crippen molar-refractivity contribution in [2.45, 2.75) is 99.6 Å². The van der Waals surface area contributed by atoms with Crippen LogP contribution in [0.25, 0.3) is 0 Å². The lowest BCUT2D eigenvalue weighted by molar-refractivity contribution is 0.339. The first-order valence-electron chi connectivity index (χ1n) is 10.1. The number of tetrazole rings is 1. The quantitative estimate of drug-likeness (QED) is 0.534. The van der Waals surface area contributed by atoms with E-state index in [1.165, 1.54) is 0 Å². The molecular formula is C21H38N8O. The lowest BCUT2D eigenvalue weighted by Crippen LogP contribution is -2.24. The number of rotatable bonds is 0. The van der Waals surface area contributed by atoms with Gasteiger partial charge in [-0.1, -0.05) is 31.1 Å². The molecule has 9 nitrogen and oxygen atoms in total. The van der Waals surface area contributed by atoms with Crippen molar-refractivity contribution in [1.82, 2.24) is 40.4 Å². The number of hydrogen-bond acceptors (Lipinski definition) is 7. The first-order valence-corrected chi connectivity index (χ1v) is 10.1. The van der Waals surface area contributed by atoms with E-state index in [0.29, 0.717) is 0 Å². The zero-order valence-corrected chi connectivity index (χ0v) is 20.6. The Bertz CT molecular complexity index is 850. The van der Waals surface area contributed by atoms with Gasteiger partial charge in [0, 0.05) is 17.7 Å². The standard InChI is InChI=1S/C8H13NO.C7H13N3.C6H12N4/c1-6-5-7(9-10-6)8(2,3)4;1-6-5-10(9-8-6)7(2,3)4;1-5-7-8-9-10(5)6(2,3)4/h2*5H,1-4H3;1-4H3. The summed E-state index contributed by atoms with van der Waals surface area (Å²) in [4.78, 5) is 0. The molecule has 0 spiro atoms. The fraction of sp³-hybridized carbons (Fsp3) is 0.714. The van der Waals surface area contributed by atoms with Crippen LogP contribution < -0.4 is 0 Å². The van der Waals surface area contributed by atoms with Crippen LogP contribution in [0.1, 0.15) is 85.3 Å². The highest BCUT2D eigenvalue weighted by molar-refractivity contribution is 5.12. The summed E-state index contributed by atoms with van der Waals surface area (Å²) < 4.78 is 8.60. The molecule has 3 heterocycles. The van der Waals surface area contributed by atoms with Crippen molar-refractivity contribution in [1.29, 1.82) is 0 Å². The topological polar surface area (TPSA) is 100 Å². The van der Waals surface area contributed by atoms with Crippen molar-refractivity contribution in [3.8, 4) is 0 Å².